The van der Waals surface area contributed by atoms with E-state index in [1.807, 2.05) is 45.0 Å². The van der Waals surface area contributed by atoms with Crippen LogP contribution in [0, 0.1) is 13.8 Å². The summed E-state index contributed by atoms with van der Waals surface area (Å²) < 4.78 is 25.8. The van der Waals surface area contributed by atoms with Crippen molar-refractivity contribution >= 4 is 21.6 Å². The molecule has 158 valence electrons. The normalized spacial score (nSPS) is 13.0. The van der Waals surface area contributed by atoms with Crippen LogP contribution in [0.5, 0.6) is 0 Å². The second-order valence-corrected chi connectivity index (χ2v) is 10.4. The van der Waals surface area contributed by atoms with E-state index in [9.17, 15) is 13.2 Å². The molecule has 1 amide bonds. The summed E-state index contributed by atoms with van der Waals surface area (Å²) in [4.78, 5) is 12.6. The minimum absolute atomic E-state index is 0.0983. The van der Waals surface area contributed by atoms with Gasteiger partial charge >= 0.3 is 0 Å². The summed E-state index contributed by atoms with van der Waals surface area (Å²) in [5, 5.41) is 2.96. The Hall–Kier alpha value is -2.34. The lowest BCUT2D eigenvalue weighted by Crippen LogP contribution is -2.44. The van der Waals surface area contributed by atoms with Gasteiger partial charge in [0.15, 0.2) is 0 Å². The quantitative estimate of drug-likeness (QED) is 0.709. The van der Waals surface area contributed by atoms with Crippen LogP contribution < -0.4 is 9.62 Å². The van der Waals surface area contributed by atoms with Crippen LogP contribution in [-0.2, 0) is 20.2 Å². The van der Waals surface area contributed by atoms with Crippen molar-refractivity contribution < 1.29 is 13.2 Å². The summed E-state index contributed by atoms with van der Waals surface area (Å²) in [6.07, 6.45) is 1.86. The van der Waals surface area contributed by atoms with Gasteiger partial charge in [-0.3, -0.25) is 9.10 Å². The van der Waals surface area contributed by atoms with E-state index in [-0.39, 0.29) is 23.9 Å². The molecule has 0 saturated heterocycles. The summed E-state index contributed by atoms with van der Waals surface area (Å²) in [6, 6.07) is 15.5. The Morgan fingerprint density at radius 3 is 2.24 bits per heavy atom. The average molecular weight is 417 g/mol. The number of carbonyl (C=O) groups excluding carboxylic acids is 1. The minimum atomic E-state index is -3.58. The summed E-state index contributed by atoms with van der Waals surface area (Å²) in [5.41, 5.74) is 3.65. The first-order valence-electron chi connectivity index (χ1n) is 9.80. The van der Waals surface area contributed by atoms with Crippen LogP contribution in [0.2, 0.25) is 0 Å². The van der Waals surface area contributed by atoms with E-state index in [1.165, 1.54) is 5.56 Å². The zero-order valence-corrected chi connectivity index (χ0v) is 19.0. The molecule has 0 aliphatic heterocycles. The molecule has 0 heterocycles. The first-order valence-corrected chi connectivity index (χ1v) is 11.6. The molecule has 0 radical (unpaired) electrons. The van der Waals surface area contributed by atoms with Gasteiger partial charge in [0.2, 0.25) is 15.9 Å². The van der Waals surface area contributed by atoms with Gasteiger partial charge in [-0.05, 0) is 61.4 Å². The highest BCUT2D eigenvalue weighted by atomic mass is 32.2. The molecule has 0 fully saturated rings. The van der Waals surface area contributed by atoms with Gasteiger partial charge in [-0.25, -0.2) is 8.42 Å². The smallest absolute Gasteiger partial charge is 0.240 e. The predicted molar refractivity (Wildman–Crippen MR) is 120 cm³/mol. The standard InChI is InChI=1S/C23H32N2O3S/c1-17-12-13-21(14-18(17)2)25(29(6,27)28)16-22(26)24-19(3)15-23(4,5)20-10-8-7-9-11-20/h7-14,19H,15-16H2,1-6H3,(H,24,26). The van der Waals surface area contributed by atoms with Crippen molar-refractivity contribution in [3.05, 3.63) is 65.2 Å². The zero-order chi connectivity index (χ0) is 21.8. The number of sulfonamides is 1. The number of hydrogen-bond donors (Lipinski definition) is 1. The van der Waals surface area contributed by atoms with E-state index in [2.05, 4.69) is 31.3 Å². The number of nitrogens with zero attached hydrogens (tertiary/aromatic N) is 1. The fourth-order valence-electron chi connectivity index (χ4n) is 3.56. The first-order chi connectivity index (χ1) is 13.4. The third kappa shape index (κ3) is 6.32. The molecule has 0 aliphatic carbocycles. The Morgan fingerprint density at radius 1 is 1.07 bits per heavy atom. The van der Waals surface area contributed by atoms with Gasteiger partial charge < -0.3 is 5.32 Å². The molecule has 2 aromatic carbocycles. The fourth-order valence-corrected chi connectivity index (χ4v) is 4.40. The van der Waals surface area contributed by atoms with Crippen LogP contribution in [-0.4, -0.2) is 33.2 Å². The second-order valence-electron chi connectivity index (χ2n) is 8.46. The molecule has 1 N–H and O–H groups in total. The Morgan fingerprint density at radius 2 is 1.69 bits per heavy atom. The monoisotopic (exact) mass is 416 g/mol. The maximum Gasteiger partial charge on any atom is 0.240 e. The van der Waals surface area contributed by atoms with Crippen molar-refractivity contribution in [1.82, 2.24) is 5.32 Å². The van der Waals surface area contributed by atoms with Gasteiger partial charge in [0.1, 0.15) is 6.54 Å². The van der Waals surface area contributed by atoms with Gasteiger partial charge in [-0.1, -0.05) is 50.2 Å². The number of rotatable bonds is 8. The lowest BCUT2D eigenvalue weighted by atomic mass is 9.79. The molecule has 2 rings (SSSR count). The number of benzene rings is 2. The van der Waals surface area contributed by atoms with E-state index >= 15 is 0 Å². The maximum absolute atomic E-state index is 12.6. The van der Waals surface area contributed by atoms with Gasteiger partial charge in [0.05, 0.1) is 11.9 Å². The lowest BCUT2D eigenvalue weighted by molar-refractivity contribution is -0.120. The molecule has 5 nitrogen and oxygen atoms in total. The molecule has 0 spiro atoms. The highest BCUT2D eigenvalue weighted by Crippen LogP contribution is 2.28. The number of anilines is 1. The van der Waals surface area contributed by atoms with Crippen LogP contribution >= 0.6 is 0 Å². The van der Waals surface area contributed by atoms with Crippen LogP contribution in [0.25, 0.3) is 0 Å². The van der Waals surface area contributed by atoms with Gasteiger partial charge in [0.25, 0.3) is 0 Å². The number of carbonyl (C=O) groups is 1. The minimum Gasteiger partial charge on any atom is -0.352 e. The van der Waals surface area contributed by atoms with Crippen LogP contribution in [0.15, 0.2) is 48.5 Å². The molecule has 0 saturated carbocycles. The molecule has 6 heteroatoms. The van der Waals surface area contributed by atoms with Crippen LogP contribution in [0.1, 0.15) is 43.9 Å². The van der Waals surface area contributed by atoms with E-state index in [1.54, 1.807) is 12.1 Å². The van der Waals surface area contributed by atoms with E-state index < -0.39 is 10.0 Å². The molecular formula is C23H32N2O3S. The van der Waals surface area contributed by atoms with Crippen LogP contribution in [0.3, 0.4) is 0 Å². The number of amides is 1. The molecule has 0 bridgehead atoms. The topological polar surface area (TPSA) is 66.5 Å². The van der Waals surface area contributed by atoms with Gasteiger partial charge in [0, 0.05) is 6.04 Å². The molecule has 2 aromatic rings. The van der Waals surface area contributed by atoms with Gasteiger partial charge in [-0.15, -0.1) is 0 Å². The predicted octanol–water partition coefficient (Wildman–Crippen LogP) is 3.94. The van der Waals surface area contributed by atoms with Crippen molar-refractivity contribution in [3.8, 4) is 0 Å². The van der Waals surface area contributed by atoms with E-state index in [0.717, 1.165) is 28.1 Å². The third-order valence-corrected chi connectivity index (χ3v) is 6.39. The van der Waals surface area contributed by atoms with Crippen molar-refractivity contribution in [2.24, 2.45) is 0 Å². The lowest BCUT2D eigenvalue weighted by Gasteiger charge is -2.30. The summed E-state index contributed by atoms with van der Waals surface area (Å²) >= 11 is 0. The maximum atomic E-state index is 12.6. The SMILES string of the molecule is Cc1ccc(N(CC(=O)NC(C)CC(C)(C)c2ccccc2)S(C)(=O)=O)cc1C. The second kappa shape index (κ2) is 8.99. The number of hydrogen-bond acceptors (Lipinski definition) is 3. The van der Waals surface area contributed by atoms with Crippen molar-refractivity contribution in [2.75, 3.05) is 17.1 Å². The Labute approximate surface area is 175 Å². The Kier molecular flexibility index (Phi) is 7.11. The van der Waals surface area contributed by atoms with Crippen molar-refractivity contribution in [3.63, 3.8) is 0 Å². The number of aryl methyl sites for hydroxylation is 2. The highest BCUT2D eigenvalue weighted by molar-refractivity contribution is 7.92. The molecule has 0 aromatic heterocycles. The molecular weight excluding hydrogens is 384 g/mol. The fraction of sp³-hybridized carbons (Fsp3) is 0.435. The Bertz CT molecular complexity index is 953. The van der Waals surface area contributed by atoms with Crippen LogP contribution in [0.4, 0.5) is 5.69 Å². The highest BCUT2D eigenvalue weighted by Gasteiger charge is 2.26. The summed E-state index contributed by atoms with van der Waals surface area (Å²) in [7, 11) is -3.58. The van der Waals surface area contributed by atoms with E-state index in [4.69, 9.17) is 0 Å². The molecule has 1 atom stereocenters. The molecule has 1 unspecified atom stereocenters. The molecule has 29 heavy (non-hydrogen) atoms. The van der Waals surface area contributed by atoms with Crippen molar-refractivity contribution in [2.45, 2.75) is 52.5 Å². The average Bonchev–Trinajstić information content (AvgIpc) is 2.61. The number of nitrogens with one attached hydrogen (secondary N) is 1. The van der Waals surface area contributed by atoms with E-state index in [0.29, 0.717) is 5.69 Å². The molecule has 0 aliphatic rings. The summed E-state index contributed by atoms with van der Waals surface area (Å²) in [5.74, 6) is -0.315. The summed E-state index contributed by atoms with van der Waals surface area (Å²) in [6.45, 7) is 9.88. The largest absolute Gasteiger partial charge is 0.352 e. The third-order valence-electron chi connectivity index (χ3n) is 5.25. The Balaban J connectivity index is 2.09. The van der Waals surface area contributed by atoms with Crippen molar-refractivity contribution in [1.29, 1.82) is 0 Å². The zero-order valence-electron chi connectivity index (χ0n) is 18.2. The van der Waals surface area contributed by atoms with Gasteiger partial charge in [-0.2, -0.15) is 0 Å². The first kappa shape index (κ1) is 22.9.